The molecule has 0 aliphatic rings. The standard InChI is InChI=1S/C13H11ClFN3O/c14-8-1-3-11(4-2-8)17-13(19)18-12-6-9(15)5-10(16)7-12/h1-7H,16H2,(H2,17,18,19). The average molecular weight is 280 g/mol. The van der Waals surface area contributed by atoms with Crippen molar-refractivity contribution in [2.45, 2.75) is 0 Å². The van der Waals surface area contributed by atoms with Crippen LogP contribution in [0.3, 0.4) is 0 Å². The van der Waals surface area contributed by atoms with Crippen molar-refractivity contribution in [3.05, 3.63) is 53.3 Å². The summed E-state index contributed by atoms with van der Waals surface area (Å²) >= 11 is 5.73. The Labute approximate surface area is 114 Å². The van der Waals surface area contributed by atoms with E-state index in [-0.39, 0.29) is 11.4 Å². The molecule has 0 saturated carbocycles. The van der Waals surface area contributed by atoms with Crippen molar-refractivity contribution in [3.63, 3.8) is 0 Å². The van der Waals surface area contributed by atoms with Crippen molar-refractivity contribution in [3.8, 4) is 0 Å². The Hall–Kier alpha value is -2.27. The molecule has 0 bridgehead atoms. The predicted molar refractivity (Wildman–Crippen MR) is 74.9 cm³/mol. The molecule has 0 fully saturated rings. The molecule has 0 spiro atoms. The van der Waals surface area contributed by atoms with Crippen LogP contribution in [0.4, 0.5) is 26.2 Å². The van der Waals surface area contributed by atoms with Crippen LogP contribution < -0.4 is 16.4 Å². The Bertz CT molecular complexity index is 581. The normalized spacial score (nSPS) is 10.0. The number of benzene rings is 2. The van der Waals surface area contributed by atoms with Gasteiger partial charge < -0.3 is 16.4 Å². The molecule has 0 heterocycles. The van der Waals surface area contributed by atoms with Gasteiger partial charge in [0, 0.05) is 22.1 Å². The summed E-state index contributed by atoms with van der Waals surface area (Å²) in [6, 6.07) is 9.93. The third kappa shape index (κ3) is 3.86. The van der Waals surface area contributed by atoms with E-state index in [2.05, 4.69) is 10.6 Å². The minimum atomic E-state index is -0.512. The number of urea groups is 1. The fraction of sp³-hybridized carbons (Fsp3) is 0. The Kier molecular flexibility index (Phi) is 3.87. The van der Waals surface area contributed by atoms with Crippen LogP contribution in [0.15, 0.2) is 42.5 Å². The first-order chi connectivity index (χ1) is 9.02. The molecule has 2 amide bonds. The molecular weight excluding hydrogens is 269 g/mol. The highest BCUT2D eigenvalue weighted by Gasteiger charge is 2.04. The largest absolute Gasteiger partial charge is 0.399 e. The third-order valence-corrected chi connectivity index (χ3v) is 2.53. The number of nitrogen functional groups attached to an aromatic ring is 1. The summed E-state index contributed by atoms with van der Waals surface area (Å²) in [5.74, 6) is -0.512. The van der Waals surface area contributed by atoms with E-state index >= 15 is 0 Å². The zero-order valence-electron chi connectivity index (χ0n) is 9.78. The highest BCUT2D eigenvalue weighted by Crippen LogP contribution is 2.17. The summed E-state index contributed by atoms with van der Waals surface area (Å²) in [5, 5.41) is 5.64. The summed E-state index contributed by atoms with van der Waals surface area (Å²) in [6.07, 6.45) is 0. The minimum absolute atomic E-state index is 0.238. The van der Waals surface area contributed by atoms with Crippen LogP contribution in [-0.4, -0.2) is 6.03 Å². The van der Waals surface area contributed by atoms with Gasteiger partial charge in [0.05, 0.1) is 0 Å². The van der Waals surface area contributed by atoms with Gasteiger partial charge in [-0.15, -0.1) is 0 Å². The number of anilines is 3. The number of nitrogens with one attached hydrogen (secondary N) is 2. The average Bonchev–Trinajstić information content (AvgIpc) is 2.30. The number of hydrogen-bond acceptors (Lipinski definition) is 2. The zero-order valence-corrected chi connectivity index (χ0v) is 10.5. The smallest absolute Gasteiger partial charge is 0.323 e. The number of amides is 2. The SMILES string of the molecule is Nc1cc(F)cc(NC(=O)Nc2ccc(Cl)cc2)c1. The van der Waals surface area contributed by atoms with Crippen LogP contribution >= 0.6 is 11.6 Å². The first-order valence-corrected chi connectivity index (χ1v) is 5.80. The Morgan fingerprint density at radius 3 is 2.32 bits per heavy atom. The van der Waals surface area contributed by atoms with Crippen molar-refractivity contribution < 1.29 is 9.18 Å². The molecule has 0 aliphatic carbocycles. The molecule has 0 radical (unpaired) electrons. The van der Waals surface area contributed by atoms with Gasteiger partial charge in [0.2, 0.25) is 0 Å². The highest BCUT2D eigenvalue weighted by molar-refractivity contribution is 6.30. The van der Waals surface area contributed by atoms with E-state index in [1.165, 1.54) is 18.2 Å². The first kappa shape index (κ1) is 13.2. The fourth-order valence-electron chi connectivity index (χ4n) is 1.51. The number of carbonyl (C=O) groups is 1. The van der Waals surface area contributed by atoms with Gasteiger partial charge in [-0.25, -0.2) is 9.18 Å². The zero-order chi connectivity index (χ0) is 13.8. The quantitative estimate of drug-likeness (QED) is 0.734. The van der Waals surface area contributed by atoms with Crippen LogP contribution in [0.25, 0.3) is 0 Å². The monoisotopic (exact) mass is 279 g/mol. The molecule has 4 N–H and O–H groups in total. The first-order valence-electron chi connectivity index (χ1n) is 5.42. The lowest BCUT2D eigenvalue weighted by Gasteiger charge is -2.08. The van der Waals surface area contributed by atoms with Crippen LogP contribution in [-0.2, 0) is 0 Å². The van der Waals surface area contributed by atoms with Crippen molar-refractivity contribution >= 4 is 34.7 Å². The van der Waals surface area contributed by atoms with E-state index in [1.54, 1.807) is 24.3 Å². The lowest BCUT2D eigenvalue weighted by molar-refractivity contribution is 0.262. The maximum Gasteiger partial charge on any atom is 0.323 e. The maximum absolute atomic E-state index is 13.1. The van der Waals surface area contributed by atoms with Crippen molar-refractivity contribution in [1.29, 1.82) is 0 Å². The maximum atomic E-state index is 13.1. The van der Waals surface area contributed by atoms with Crippen molar-refractivity contribution in [2.75, 3.05) is 16.4 Å². The molecule has 98 valence electrons. The van der Waals surface area contributed by atoms with Crippen LogP contribution in [0.2, 0.25) is 5.02 Å². The van der Waals surface area contributed by atoms with Gasteiger partial charge in [-0.3, -0.25) is 0 Å². The number of halogens is 2. The van der Waals surface area contributed by atoms with E-state index in [1.807, 2.05) is 0 Å². The van der Waals surface area contributed by atoms with Gasteiger partial charge >= 0.3 is 6.03 Å². The van der Waals surface area contributed by atoms with E-state index in [9.17, 15) is 9.18 Å². The molecule has 2 aromatic carbocycles. The van der Waals surface area contributed by atoms with E-state index in [0.717, 1.165) is 0 Å². The molecule has 4 nitrogen and oxygen atoms in total. The third-order valence-electron chi connectivity index (χ3n) is 2.28. The summed E-state index contributed by atoms with van der Waals surface area (Å²) in [4.78, 5) is 11.7. The van der Waals surface area contributed by atoms with Gasteiger partial charge in [-0.2, -0.15) is 0 Å². The number of carbonyl (C=O) groups excluding carboxylic acids is 1. The second kappa shape index (κ2) is 5.58. The lowest BCUT2D eigenvalue weighted by atomic mass is 10.2. The number of rotatable bonds is 2. The Balaban J connectivity index is 2.03. The molecule has 19 heavy (non-hydrogen) atoms. The summed E-state index contributed by atoms with van der Waals surface area (Å²) in [5.41, 5.74) is 6.57. The molecule has 0 aromatic heterocycles. The van der Waals surface area contributed by atoms with Gasteiger partial charge in [-0.1, -0.05) is 11.6 Å². The molecule has 0 saturated heterocycles. The lowest BCUT2D eigenvalue weighted by Crippen LogP contribution is -2.19. The molecule has 0 aliphatic heterocycles. The predicted octanol–water partition coefficient (Wildman–Crippen LogP) is 3.71. The molecule has 2 aromatic rings. The molecular formula is C13H11ClFN3O. The Morgan fingerprint density at radius 1 is 1.05 bits per heavy atom. The van der Waals surface area contributed by atoms with Crippen molar-refractivity contribution in [1.82, 2.24) is 0 Å². The van der Waals surface area contributed by atoms with E-state index in [4.69, 9.17) is 17.3 Å². The van der Waals surface area contributed by atoms with Gasteiger partial charge in [-0.05, 0) is 42.5 Å². The second-order valence-electron chi connectivity index (χ2n) is 3.86. The van der Waals surface area contributed by atoms with Gasteiger partial charge in [0.25, 0.3) is 0 Å². The van der Waals surface area contributed by atoms with E-state index in [0.29, 0.717) is 10.7 Å². The van der Waals surface area contributed by atoms with Gasteiger partial charge in [0.1, 0.15) is 5.82 Å². The summed E-state index contributed by atoms with van der Waals surface area (Å²) in [7, 11) is 0. The molecule has 0 unspecified atom stereocenters. The Morgan fingerprint density at radius 2 is 1.68 bits per heavy atom. The molecule has 6 heteroatoms. The highest BCUT2D eigenvalue weighted by atomic mass is 35.5. The van der Waals surface area contributed by atoms with Crippen LogP contribution in [0.5, 0.6) is 0 Å². The molecule has 2 rings (SSSR count). The van der Waals surface area contributed by atoms with Crippen molar-refractivity contribution in [2.24, 2.45) is 0 Å². The fourth-order valence-corrected chi connectivity index (χ4v) is 1.64. The van der Waals surface area contributed by atoms with Gasteiger partial charge in [0.15, 0.2) is 0 Å². The number of hydrogen-bond donors (Lipinski definition) is 3. The van der Waals surface area contributed by atoms with Crippen LogP contribution in [0, 0.1) is 5.82 Å². The molecule has 0 atom stereocenters. The minimum Gasteiger partial charge on any atom is -0.399 e. The van der Waals surface area contributed by atoms with Crippen LogP contribution in [0.1, 0.15) is 0 Å². The second-order valence-corrected chi connectivity index (χ2v) is 4.30. The summed E-state index contributed by atoms with van der Waals surface area (Å²) < 4.78 is 13.1. The summed E-state index contributed by atoms with van der Waals surface area (Å²) in [6.45, 7) is 0. The number of nitrogens with two attached hydrogens (primary N) is 1. The topological polar surface area (TPSA) is 67.1 Å². The van der Waals surface area contributed by atoms with E-state index < -0.39 is 11.8 Å².